The summed E-state index contributed by atoms with van der Waals surface area (Å²) in [4.78, 5) is 12.7. The Hall–Kier alpha value is -1.07. The number of nitrogen functional groups attached to an aromatic ring is 1. The number of hydrogen-bond donors (Lipinski definition) is 1. The first-order valence-corrected chi connectivity index (χ1v) is 5.36. The third kappa shape index (κ3) is 3.44. The summed E-state index contributed by atoms with van der Waals surface area (Å²) in [7, 11) is 1.25. The molecule has 0 radical (unpaired) electrons. The normalized spacial score (nSPS) is 10.7. The van der Waals surface area contributed by atoms with Gasteiger partial charge in [0.2, 0.25) is 0 Å². The van der Waals surface area contributed by atoms with Crippen LogP contribution in [0.4, 0.5) is 14.5 Å². The van der Waals surface area contributed by atoms with Crippen LogP contribution in [0.25, 0.3) is 0 Å². The average Bonchev–Trinajstić information content (AvgIpc) is 2.21. The van der Waals surface area contributed by atoms with Gasteiger partial charge >= 0.3 is 0 Å². The highest BCUT2D eigenvalue weighted by atomic mass is 35.5. The zero-order valence-corrected chi connectivity index (χ0v) is 10.4. The van der Waals surface area contributed by atoms with Gasteiger partial charge in [-0.05, 0) is 12.1 Å². The number of nitrogens with two attached hydrogens (primary N) is 1. The van der Waals surface area contributed by atoms with Gasteiger partial charge in [-0.3, -0.25) is 4.79 Å². The van der Waals surface area contributed by atoms with Crippen LogP contribution in [0, 0.1) is 0 Å². The standard InChI is InChI=1S/C10H10Cl2F2N2O/c1-16(4-8(13)14)10(17)6-2-5(15)3-7(11)9(6)12/h2-3,8H,4,15H2,1H3. The van der Waals surface area contributed by atoms with Gasteiger partial charge in [0.1, 0.15) is 0 Å². The lowest BCUT2D eigenvalue weighted by molar-refractivity contribution is 0.0620. The molecule has 0 saturated heterocycles. The van der Waals surface area contributed by atoms with E-state index >= 15 is 0 Å². The molecule has 0 aliphatic heterocycles. The lowest BCUT2D eigenvalue weighted by Gasteiger charge is -2.17. The minimum atomic E-state index is -2.61. The van der Waals surface area contributed by atoms with E-state index in [-0.39, 0.29) is 21.3 Å². The van der Waals surface area contributed by atoms with Crippen LogP contribution in [0.3, 0.4) is 0 Å². The number of alkyl halides is 2. The molecule has 0 heterocycles. The number of hydrogen-bond acceptors (Lipinski definition) is 2. The molecule has 2 N–H and O–H groups in total. The molecule has 1 rings (SSSR count). The van der Waals surface area contributed by atoms with Crippen LogP contribution >= 0.6 is 23.2 Å². The number of benzene rings is 1. The summed E-state index contributed by atoms with van der Waals surface area (Å²) in [5.41, 5.74) is 5.76. The van der Waals surface area contributed by atoms with Crippen molar-refractivity contribution in [3.63, 3.8) is 0 Å². The maximum atomic E-state index is 12.1. The molecule has 0 aliphatic rings. The Morgan fingerprint density at radius 3 is 2.59 bits per heavy atom. The van der Waals surface area contributed by atoms with Crippen molar-refractivity contribution in [1.29, 1.82) is 0 Å². The first kappa shape index (κ1) is 14.0. The second-order valence-corrected chi connectivity index (χ2v) is 4.23. The Balaban J connectivity index is 3.04. The van der Waals surface area contributed by atoms with E-state index in [4.69, 9.17) is 28.9 Å². The molecule has 0 unspecified atom stereocenters. The summed E-state index contributed by atoms with van der Waals surface area (Å²) in [6, 6.07) is 2.69. The Labute approximate surface area is 107 Å². The summed E-state index contributed by atoms with van der Waals surface area (Å²) in [5.74, 6) is -0.649. The number of carbonyl (C=O) groups excluding carboxylic acids is 1. The fourth-order valence-corrected chi connectivity index (χ4v) is 1.68. The van der Waals surface area contributed by atoms with E-state index < -0.39 is 18.9 Å². The molecule has 0 aliphatic carbocycles. The zero-order chi connectivity index (χ0) is 13.2. The minimum Gasteiger partial charge on any atom is -0.399 e. The Kier molecular flexibility index (Phi) is 4.54. The van der Waals surface area contributed by atoms with E-state index in [2.05, 4.69) is 0 Å². The van der Waals surface area contributed by atoms with Crippen LogP contribution in [-0.4, -0.2) is 30.8 Å². The molecule has 1 amide bonds. The summed E-state index contributed by atoms with van der Waals surface area (Å²) in [6.07, 6.45) is -2.61. The highest BCUT2D eigenvalue weighted by Gasteiger charge is 2.20. The van der Waals surface area contributed by atoms with Crippen molar-refractivity contribution in [2.45, 2.75) is 6.43 Å². The molecular weight excluding hydrogens is 273 g/mol. The van der Waals surface area contributed by atoms with Gasteiger partial charge < -0.3 is 10.6 Å². The molecule has 94 valence electrons. The highest BCUT2D eigenvalue weighted by molar-refractivity contribution is 6.44. The first-order valence-electron chi connectivity index (χ1n) is 4.61. The summed E-state index contributed by atoms with van der Waals surface area (Å²) in [6.45, 7) is -0.679. The lowest BCUT2D eigenvalue weighted by atomic mass is 10.1. The largest absolute Gasteiger partial charge is 0.399 e. The van der Waals surface area contributed by atoms with Crippen molar-refractivity contribution in [3.8, 4) is 0 Å². The van der Waals surface area contributed by atoms with Crippen LogP contribution in [-0.2, 0) is 0 Å². The number of rotatable bonds is 3. The molecule has 1 aromatic rings. The maximum absolute atomic E-state index is 12.1. The van der Waals surface area contributed by atoms with E-state index in [1.807, 2.05) is 0 Å². The van der Waals surface area contributed by atoms with Crippen LogP contribution in [0.5, 0.6) is 0 Å². The SMILES string of the molecule is CN(CC(F)F)C(=O)c1cc(N)cc(Cl)c1Cl. The van der Waals surface area contributed by atoms with Crippen molar-refractivity contribution in [1.82, 2.24) is 4.90 Å². The van der Waals surface area contributed by atoms with Gasteiger partial charge in [0, 0.05) is 12.7 Å². The second kappa shape index (κ2) is 5.51. The smallest absolute Gasteiger partial charge is 0.255 e. The second-order valence-electron chi connectivity index (χ2n) is 3.44. The Morgan fingerprint density at radius 1 is 1.47 bits per heavy atom. The average molecular weight is 283 g/mol. The van der Waals surface area contributed by atoms with Crippen LogP contribution in [0.1, 0.15) is 10.4 Å². The summed E-state index contributed by atoms with van der Waals surface area (Å²) in [5, 5.41) is 0.118. The van der Waals surface area contributed by atoms with E-state index in [9.17, 15) is 13.6 Å². The van der Waals surface area contributed by atoms with E-state index in [0.717, 1.165) is 4.90 Å². The Morgan fingerprint density at radius 2 is 2.06 bits per heavy atom. The molecule has 0 atom stereocenters. The molecular formula is C10H10Cl2F2N2O. The third-order valence-corrected chi connectivity index (χ3v) is 2.84. The number of carbonyl (C=O) groups is 1. The predicted octanol–water partition coefficient (Wildman–Crippen LogP) is 2.91. The lowest BCUT2D eigenvalue weighted by Crippen LogP contribution is -2.31. The van der Waals surface area contributed by atoms with Crippen molar-refractivity contribution in [2.24, 2.45) is 0 Å². The molecule has 7 heteroatoms. The molecule has 3 nitrogen and oxygen atoms in total. The van der Waals surface area contributed by atoms with Crippen LogP contribution < -0.4 is 5.73 Å². The van der Waals surface area contributed by atoms with Gasteiger partial charge in [-0.15, -0.1) is 0 Å². The quantitative estimate of drug-likeness (QED) is 0.867. The van der Waals surface area contributed by atoms with Gasteiger partial charge in [-0.25, -0.2) is 8.78 Å². The van der Waals surface area contributed by atoms with Crippen molar-refractivity contribution in [2.75, 3.05) is 19.3 Å². The van der Waals surface area contributed by atoms with Crippen molar-refractivity contribution >= 4 is 34.8 Å². The zero-order valence-electron chi connectivity index (χ0n) is 8.88. The number of nitrogens with zero attached hydrogens (tertiary/aromatic N) is 1. The topological polar surface area (TPSA) is 46.3 Å². The van der Waals surface area contributed by atoms with Crippen molar-refractivity contribution < 1.29 is 13.6 Å². The van der Waals surface area contributed by atoms with Gasteiger partial charge in [0.25, 0.3) is 12.3 Å². The fourth-order valence-electron chi connectivity index (χ4n) is 1.26. The van der Waals surface area contributed by atoms with Gasteiger partial charge in [0.15, 0.2) is 0 Å². The van der Waals surface area contributed by atoms with Crippen LogP contribution in [0.15, 0.2) is 12.1 Å². The number of amides is 1. The fraction of sp³-hybridized carbons (Fsp3) is 0.300. The summed E-state index contributed by atoms with van der Waals surface area (Å²) < 4.78 is 24.3. The molecule has 0 spiro atoms. The van der Waals surface area contributed by atoms with Crippen molar-refractivity contribution in [3.05, 3.63) is 27.7 Å². The monoisotopic (exact) mass is 282 g/mol. The molecule has 0 aromatic heterocycles. The van der Waals surface area contributed by atoms with Crippen LogP contribution in [0.2, 0.25) is 10.0 Å². The molecule has 0 saturated carbocycles. The number of anilines is 1. The predicted molar refractivity (Wildman–Crippen MR) is 63.8 cm³/mol. The Bertz CT molecular complexity index is 441. The molecule has 0 fully saturated rings. The van der Waals surface area contributed by atoms with E-state index in [1.165, 1.54) is 19.2 Å². The van der Waals surface area contributed by atoms with Gasteiger partial charge in [-0.1, -0.05) is 23.2 Å². The summed E-state index contributed by atoms with van der Waals surface area (Å²) >= 11 is 11.6. The van der Waals surface area contributed by atoms with E-state index in [1.54, 1.807) is 0 Å². The first-order chi connectivity index (χ1) is 7.82. The molecule has 1 aromatic carbocycles. The van der Waals surface area contributed by atoms with Gasteiger partial charge in [-0.2, -0.15) is 0 Å². The van der Waals surface area contributed by atoms with Gasteiger partial charge in [0.05, 0.1) is 22.2 Å². The molecule has 0 bridgehead atoms. The third-order valence-electron chi connectivity index (χ3n) is 2.04. The number of halogens is 4. The molecule has 17 heavy (non-hydrogen) atoms. The highest BCUT2D eigenvalue weighted by Crippen LogP contribution is 2.29. The minimum absolute atomic E-state index is 0.00647. The van der Waals surface area contributed by atoms with E-state index in [0.29, 0.717) is 0 Å². The maximum Gasteiger partial charge on any atom is 0.255 e.